The Hall–Kier alpha value is -1.68. The fourth-order valence-electron chi connectivity index (χ4n) is 2.47. The van der Waals surface area contributed by atoms with Crippen LogP contribution in [0.2, 0.25) is 0 Å². The monoisotopic (exact) mass is 515 g/mol. The first-order valence-electron chi connectivity index (χ1n) is 9.04. The number of hydrogen-bond donors (Lipinski definition) is 3. The standard InChI is InChI=1S/C20H29N5OS.HI/c1-14-24-17(13-27-14)9-10-22-19(21-5)23-12-15-7-6-8-16(11-15)18(26)25-20(2,3)4;/h6-8,11,13H,9-10,12H2,1-5H3,(H,25,26)(H2,21,22,23);1H. The molecule has 0 radical (unpaired) electrons. The van der Waals surface area contributed by atoms with Crippen LogP contribution in [0, 0.1) is 6.92 Å². The third-order valence-corrected chi connectivity index (χ3v) is 4.52. The first kappa shape index (κ1) is 24.4. The minimum Gasteiger partial charge on any atom is -0.356 e. The molecule has 2 rings (SSSR count). The van der Waals surface area contributed by atoms with Gasteiger partial charge in [-0.15, -0.1) is 35.3 Å². The Bertz CT molecular complexity index is 798. The molecule has 1 amide bonds. The van der Waals surface area contributed by atoms with E-state index in [0.717, 1.165) is 35.2 Å². The zero-order valence-electron chi connectivity index (χ0n) is 17.1. The van der Waals surface area contributed by atoms with Gasteiger partial charge in [-0.3, -0.25) is 9.79 Å². The number of amides is 1. The van der Waals surface area contributed by atoms with Gasteiger partial charge < -0.3 is 16.0 Å². The summed E-state index contributed by atoms with van der Waals surface area (Å²) < 4.78 is 0. The second kappa shape index (κ2) is 11.4. The van der Waals surface area contributed by atoms with Crippen LogP contribution in [0.4, 0.5) is 0 Å². The van der Waals surface area contributed by atoms with Gasteiger partial charge in [0.05, 0.1) is 10.7 Å². The maximum Gasteiger partial charge on any atom is 0.251 e. The quantitative estimate of drug-likeness (QED) is 0.313. The van der Waals surface area contributed by atoms with E-state index in [1.165, 1.54) is 0 Å². The van der Waals surface area contributed by atoms with Crippen molar-refractivity contribution in [2.75, 3.05) is 13.6 Å². The highest BCUT2D eigenvalue weighted by atomic mass is 127. The van der Waals surface area contributed by atoms with E-state index >= 15 is 0 Å². The van der Waals surface area contributed by atoms with Crippen LogP contribution in [0.25, 0.3) is 0 Å². The average Bonchev–Trinajstić information content (AvgIpc) is 3.02. The molecule has 0 aliphatic carbocycles. The number of thiazole rings is 1. The van der Waals surface area contributed by atoms with Crippen molar-refractivity contribution in [1.82, 2.24) is 20.9 Å². The smallest absolute Gasteiger partial charge is 0.251 e. The predicted molar refractivity (Wildman–Crippen MR) is 128 cm³/mol. The number of aliphatic imine (C=N–C) groups is 1. The number of guanidine groups is 1. The van der Waals surface area contributed by atoms with Gasteiger partial charge in [-0.05, 0) is 45.4 Å². The van der Waals surface area contributed by atoms with E-state index in [2.05, 4.69) is 31.3 Å². The van der Waals surface area contributed by atoms with Crippen LogP contribution in [-0.4, -0.2) is 36.0 Å². The number of nitrogens with one attached hydrogen (secondary N) is 3. The Morgan fingerprint density at radius 3 is 2.61 bits per heavy atom. The highest BCUT2D eigenvalue weighted by Gasteiger charge is 2.15. The topological polar surface area (TPSA) is 78.4 Å². The molecule has 1 heterocycles. The van der Waals surface area contributed by atoms with Gasteiger partial charge in [0.25, 0.3) is 5.91 Å². The summed E-state index contributed by atoms with van der Waals surface area (Å²) in [5, 5.41) is 12.7. The number of nitrogens with zero attached hydrogens (tertiary/aromatic N) is 2. The Balaban J connectivity index is 0.00000392. The number of hydrogen-bond acceptors (Lipinski definition) is 4. The largest absolute Gasteiger partial charge is 0.356 e. The van der Waals surface area contributed by atoms with E-state index in [1.807, 2.05) is 52.0 Å². The van der Waals surface area contributed by atoms with E-state index in [4.69, 9.17) is 0 Å². The lowest BCUT2D eigenvalue weighted by atomic mass is 10.1. The van der Waals surface area contributed by atoms with Gasteiger partial charge in [0.15, 0.2) is 5.96 Å². The molecule has 3 N–H and O–H groups in total. The third kappa shape index (κ3) is 8.55. The number of carbonyl (C=O) groups is 1. The molecule has 154 valence electrons. The molecule has 0 spiro atoms. The van der Waals surface area contributed by atoms with Crippen LogP contribution in [0.5, 0.6) is 0 Å². The summed E-state index contributed by atoms with van der Waals surface area (Å²) in [5.74, 6) is 0.664. The molecule has 0 saturated heterocycles. The van der Waals surface area contributed by atoms with Crippen molar-refractivity contribution in [1.29, 1.82) is 0 Å². The fraction of sp³-hybridized carbons (Fsp3) is 0.450. The Morgan fingerprint density at radius 1 is 1.25 bits per heavy atom. The molecular formula is C20H30IN5OS. The van der Waals surface area contributed by atoms with Crippen LogP contribution in [0.3, 0.4) is 0 Å². The normalized spacial score (nSPS) is 11.5. The summed E-state index contributed by atoms with van der Waals surface area (Å²) in [6.07, 6.45) is 0.855. The first-order valence-corrected chi connectivity index (χ1v) is 9.92. The maximum atomic E-state index is 12.3. The van der Waals surface area contributed by atoms with E-state index < -0.39 is 0 Å². The molecule has 0 fully saturated rings. The van der Waals surface area contributed by atoms with Crippen LogP contribution in [0.1, 0.15) is 47.4 Å². The molecule has 28 heavy (non-hydrogen) atoms. The minimum atomic E-state index is -0.257. The van der Waals surface area contributed by atoms with Gasteiger partial charge in [-0.25, -0.2) is 4.98 Å². The van der Waals surface area contributed by atoms with Crippen molar-refractivity contribution in [2.45, 2.75) is 46.2 Å². The summed E-state index contributed by atoms with van der Waals surface area (Å²) in [7, 11) is 1.75. The Labute approximate surface area is 188 Å². The molecule has 0 aliphatic rings. The third-order valence-electron chi connectivity index (χ3n) is 3.70. The molecule has 2 aromatic rings. The molecule has 0 saturated carbocycles. The molecule has 0 aliphatic heterocycles. The fourth-order valence-corrected chi connectivity index (χ4v) is 3.12. The lowest BCUT2D eigenvalue weighted by Gasteiger charge is -2.20. The van der Waals surface area contributed by atoms with Crippen molar-refractivity contribution in [2.24, 2.45) is 4.99 Å². The van der Waals surface area contributed by atoms with Crippen molar-refractivity contribution in [3.63, 3.8) is 0 Å². The summed E-state index contributed by atoms with van der Waals surface area (Å²) >= 11 is 1.67. The summed E-state index contributed by atoms with van der Waals surface area (Å²) in [6, 6.07) is 7.62. The molecule has 0 atom stereocenters. The van der Waals surface area contributed by atoms with E-state index in [0.29, 0.717) is 12.1 Å². The summed E-state index contributed by atoms with van der Waals surface area (Å²) in [4.78, 5) is 21.0. The van der Waals surface area contributed by atoms with Crippen molar-refractivity contribution in [3.8, 4) is 0 Å². The molecule has 0 bridgehead atoms. The number of aromatic nitrogens is 1. The zero-order chi connectivity index (χ0) is 19.9. The van der Waals surface area contributed by atoms with Gasteiger partial charge in [0.1, 0.15) is 0 Å². The summed E-state index contributed by atoms with van der Waals surface area (Å²) in [6.45, 7) is 9.28. The van der Waals surface area contributed by atoms with E-state index in [1.54, 1.807) is 18.4 Å². The minimum absolute atomic E-state index is 0. The second-order valence-electron chi connectivity index (χ2n) is 7.36. The van der Waals surface area contributed by atoms with Crippen molar-refractivity contribution < 1.29 is 4.79 Å². The van der Waals surface area contributed by atoms with Crippen LogP contribution in [-0.2, 0) is 13.0 Å². The lowest BCUT2D eigenvalue weighted by molar-refractivity contribution is 0.0919. The molecule has 1 aromatic heterocycles. The van der Waals surface area contributed by atoms with E-state index in [-0.39, 0.29) is 35.4 Å². The zero-order valence-corrected chi connectivity index (χ0v) is 20.3. The number of carbonyl (C=O) groups excluding carboxylic acids is 1. The highest BCUT2D eigenvalue weighted by Crippen LogP contribution is 2.09. The predicted octanol–water partition coefficient (Wildman–Crippen LogP) is 3.51. The lowest BCUT2D eigenvalue weighted by Crippen LogP contribution is -2.40. The highest BCUT2D eigenvalue weighted by molar-refractivity contribution is 14.0. The first-order chi connectivity index (χ1) is 12.8. The Morgan fingerprint density at radius 2 is 2.00 bits per heavy atom. The number of rotatable bonds is 6. The Kier molecular flexibility index (Phi) is 9.88. The van der Waals surface area contributed by atoms with Gasteiger partial charge in [-0.1, -0.05) is 12.1 Å². The number of benzene rings is 1. The maximum absolute atomic E-state index is 12.3. The SMILES string of the molecule is CN=C(NCCc1csc(C)n1)NCc1cccc(C(=O)NC(C)(C)C)c1.I. The van der Waals surface area contributed by atoms with E-state index in [9.17, 15) is 4.79 Å². The molecule has 1 aromatic carbocycles. The molecule has 8 heteroatoms. The van der Waals surface area contributed by atoms with Gasteiger partial charge in [-0.2, -0.15) is 0 Å². The molecular weight excluding hydrogens is 485 g/mol. The second-order valence-corrected chi connectivity index (χ2v) is 8.43. The van der Waals surface area contributed by atoms with Crippen molar-refractivity contribution in [3.05, 3.63) is 51.5 Å². The molecule has 0 unspecified atom stereocenters. The number of halogens is 1. The van der Waals surface area contributed by atoms with Gasteiger partial charge in [0.2, 0.25) is 0 Å². The van der Waals surface area contributed by atoms with Crippen LogP contribution < -0.4 is 16.0 Å². The van der Waals surface area contributed by atoms with Crippen LogP contribution in [0.15, 0.2) is 34.6 Å². The van der Waals surface area contributed by atoms with Gasteiger partial charge in [0, 0.05) is 43.0 Å². The van der Waals surface area contributed by atoms with Crippen LogP contribution >= 0.6 is 35.3 Å². The molecule has 6 nitrogen and oxygen atoms in total. The average molecular weight is 515 g/mol. The van der Waals surface area contributed by atoms with Gasteiger partial charge >= 0.3 is 0 Å². The van der Waals surface area contributed by atoms with Crippen molar-refractivity contribution >= 4 is 47.2 Å². The number of aryl methyl sites for hydroxylation is 1. The summed E-state index contributed by atoms with van der Waals surface area (Å²) in [5.41, 5.74) is 2.52.